The number of carbonyl (C=O) groups is 1. The molecule has 0 saturated heterocycles. The van der Waals surface area contributed by atoms with E-state index >= 15 is 0 Å². The first-order valence-corrected chi connectivity index (χ1v) is 3.83. The lowest BCUT2D eigenvalue weighted by molar-refractivity contribution is -0.616. The Bertz CT molecular complexity index is 322. The van der Waals surface area contributed by atoms with E-state index in [1.807, 2.05) is 0 Å². The minimum absolute atomic E-state index is 0.744. The van der Waals surface area contributed by atoms with Gasteiger partial charge in [0.1, 0.15) is 0 Å². The zero-order chi connectivity index (χ0) is 10.8. The highest BCUT2D eigenvalue weighted by atomic mass is 16.7. The molecule has 1 rings (SSSR count). The summed E-state index contributed by atoms with van der Waals surface area (Å²) in [5, 5.41) is 19.5. The molecule has 2 atom stereocenters. The third-order valence-corrected chi connectivity index (χ3v) is 2.07. The Morgan fingerprint density at radius 2 is 2.29 bits per heavy atom. The summed E-state index contributed by atoms with van der Waals surface area (Å²) in [4.78, 5) is 20.8. The van der Waals surface area contributed by atoms with Crippen LogP contribution in [0.25, 0.3) is 0 Å². The van der Waals surface area contributed by atoms with E-state index in [0.29, 0.717) is 0 Å². The lowest BCUT2D eigenvalue weighted by Gasteiger charge is -2.25. The maximum atomic E-state index is 10.8. The molecule has 1 N–H and O–H groups in total. The zero-order valence-corrected chi connectivity index (χ0v) is 7.41. The van der Waals surface area contributed by atoms with Gasteiger partial charge in [-0.15, -0.1) is 0 Å². The van der Waals surface area contributed by atoms with E-state index in [-0.39, 0.29) is 0 Å². The van der Waals surface area contributed by atoms with Crippen molar-refractivity contribution in [2.24, 2.45) is 5.92 Å². The lowest BCUT2D eigenvalue weighted by atomic mass is 9.91. The molecule has 0 heterocycles. The summed E-state index contributed by atoms with van der Waals surface area (Å²) in [7, 11) is 1.11. The number of hydrogen-bond acceptors (Lipinski definition) is 4. The zero-order valence-electron chi connectivity index (χ0n) is 7.41. The van der Waals surface area contributed by atoms with Crippen molar-refractivity contribution < 1.29 is 19.6 Å². The number of aliphatic carboxylic acids is 1. The number of allylic oxidation sites excluding steroid dienone is 2. The van der Waals surface area contributed by atoms with Gasteiger partial charge in [0, 0.05) is 13.2 Å². The van der Waals surface area contributed by atoms with Crippen LogP contribution in [0, 0.1) is 16.0 Å². The molecule has 1 aliphatic rings. The molecule has 0 fully saturated rings. The van der Waals surface area contributed by atoms with Gasteiger partial charge in [0.2, 0.25) is 0 Å². The Hall–Kier alpha value is -1.69. The van der Waals surface area contributed by atoms with Crippen LogP contribution in [0.5, 0.6) is 0 Å². The number of ether oxygens (including phenoxy) is 1. The molecule has 14 heavy (non-hydrogen) atoms. The molecular formula is C8H9NO5. The highest BCUT2D eigenvalue weighted by Crippen LogP contribution is 2.28. The molecule has 0 radical (unpaired) electrons. The molecule has 0 spiro atoms. The Kier molecular flexibility index (Phi) is 2.66. The number of methoxy groups -OCH3 is 1. The second-order valence-electron chi connectivity index (χ2n) is 2.77. The van der Waals surface area contributed by atoms with E-state index in [0.717, 1.165) is 13.2 Å². The average Bonchev–Trinajstić information content (AvgIpc) is 2.17. The van der Waals surface area contributed by atoms with Crippen LogP contribution in [0.15, 0.2) is 24.3 Å². The van der Waals surface area contributed by atoms with Gasteiger partial charge in [-0.2, -0.15) is 0 Å². The van der Waals surface area contributed by atoms with Crippen molar-refractivity contribution in [3.05, 3.63) is 34.4 Å². The number of carboxylic acids is 1. The van der Waals surface area contributed by atoms with Crippen LogP contribution in [0.1, 0.15) is 0 Å². The second-order valence-corrected chi connectivity index (χ2v) is 2.77. The highest BCUT2D eigenvalue weighted by Gasteiger charge is 2.52. The Morgan fingerprint density at radius 1 is 1.64 bits per heavy atom. The number of nitro groups is 1. The van der Waals surface area contributed by atoms with Gasteiger partial charge in [-0.3, -0.25) is 14.9 Å². The van der Waals surface area contributed by atoms with Gasteiger partial charge in [0.25, 0.3) is 0 Å². The first kappa shape index (κ1) is 10.4. The number of carboxylic acid groups (broad SMARTS) is 1. The molecule has 1 aliphatic carbocycles. The third-order valence-electron chi connectivity index (χ3n) is 2.07. The first-order valence-electron chi connectivity index (χ1n) is 3.83. The SMILES string of the molecule is COC1([N+](=O)[O-])C=CC=CC1C(=O)O. The molecule has 76 valence electrons. The minimum Gasteiger partial charge on any atom is -0.481 e. The van der Waals surface area contributed by atoms with Crippen molar-refractivity contribution in [2.75, 3.05) is 7.11 Å². The van der Waals surface area contributed by atoms with E-state index in [9.17, 15) is 14.9 Å². The molecule has 6 nitrogen and oxygen atoms in total. The number of rotatable bonds is 3. The topological polar surface area (TPSA) is 89.7 Å². The third kappa shape index (κ3) is 1.39. The molecule has 0 aromatic rings. The molecule has 0 aromatic heterocycles. The van der Waals surface area contributed by atoms with Gasteiger partial charge < -0.3 is 9.84 Å². The first-order chi connectivity index (χ1) is 6.54. The summed E-state index contributed by atoms with van der Waals surface area (Å²) < 4.78 is 4.70. The summed E-state index contributed by atoms with van der Waals surface area (Å²) in [5.74, 6) is -2.59. The van der Waals surface area contributed by atoms with Crippen molar-refractivity contribution in [2.45, 2.75) is 5.72 Å². The van der Waals surface area contributed by atoms with E-state index in [4.69, 9.17) is 9.84 Å². The summed E-state index contributed by atoms with van der Waals surface area (Å²) in [5.41, 5.74) is -1.99. The van der Waals surface area contributed by atoms with Crippen LogP contribution >= 0.6 is 0 Å². The van der Waals surface area contributed by atoms with Crippen LogP contribution in [-0.2, 0) is 9.53 Å². The van der Waals surface area contributed by atoms with Crippen LogP contribution < -0.4 is 0 Å². The predicted molar refractivity (Wildman–Crippen MR) is 46.1 cm³/mol. The highest BCUT2D eigenvalue weighted by molar-refractivity contribution is 5.74. The van der Waals surface area contributed by atoms with Crippen LogP contribution in [0.3, 0.4) is 0 Å². The van der Waals surface area contributed by atoms with E-state index in [1.54, 1.807) is 0 Å². The number of hydrogen-bond donors (Lipinski definition) is 1. The van der Waals surface area contributed by atoms with Gasteiger partial charge in [-0.25, -0.2) is 0 Å². The molecule has 0 aromatic carbocycles. The average molecular weight is 199 g/mol. The van der Waals surface area contributed by atoms with Crippen molar-refractivity contribution in [3.63, 3.8) is 0 Å². The maximum absolute atomic E-state index is 10.8. The van der Waals surface area contributed by atoms with Crippen molar-refractivity contribution >= 4 is 5.97 Å². The van der Waals surface area contributed by atoms with Crippen molar-refractivity contribution in [3.8, 4) is 0 Å². The quantitative estimate of drug-likeness (QED) is 0.404. The summed E-state index contributed by atoms with van der Waals surface area (Å²) in [6.45, 7) is 0. The smallest absolute Gasteiger partial charge is 0.361 e. The largest absolute Gasteiger partial charge is 0.481 e. The van der Waals surface area contributed by atoms with Crippen LogP contribution in [0.4, 0.5) is 0 Å². The van der Waals surface area contributed by atoms with Crippen LogP contribution in [0.2, 0.25) is 0 Å². The Morgan fingerprint density at radius 3 is 2.64 bits per heavy atom. The van der Waals surface area contributed by atoms with E-state index < -0.39 is 22.5 Å². The fourth-order valence-corrected chi connectivity index (χ4v) is 1.31. The van der Waals surface area contributed by atoms with Gasteiger partial charge in [-0.05, 0) is 0 Å². The summed E-state index contributed by atoms with van der Waals surface area (Å²) >= 11 is 0. The molecule has 6 heteroatoms. The fourth-order valence-electron chi connectivity index (χ4n) is 1.31. The molecule has 0 saturated carbocycles. The molecule has 0 amide bonds. The van der Waals surface area contributed by atoms with E-state index in [1.165, 1.54) is 18.2 Å². The van der Waals surface area contributed by atoms with Crippen molar-refractivity contribution in [1.82, 2.24) is 0 Å². The molecule has 2 unspecified atom stereocenters. The predicted octanol–water partition coefficient (Wildman–Crippen LogP) is 0.433. The van der Waals surface area contributed by atoms with Gasteiger partial charge in [0.05, 0.1) is 4.92 Å². The Labute approximate surface area is 79.6 Å². The van der Waals surface area contributed by atoms with E-state index in [2.05, 4.69) is 0 Å². The maximum Gasteiger partial charge on any atom is 0.361 e. The number of nitrogens with zero attached hydrogens (tertiary/aromatic N) is 1. The summed E-state index contributed by atoms with van der Waals surface area (Å²) in [6.07, 6.45) is 5.20. The van der Waals surface area contributed by atoms with Crippen LogP contribution in [-0.4, -0.2) is 28.8 Å². The van der Waals surface area contributed by atoms with Crippen molar-refractivity contribution in [1.29, 1.82) is 0 Å². The molecule has 0 aliphatic heterocycles. The monoisotopic (exact) mass is 199 g/mol. The van der Waals surface area contributed by atoms with Gasteiger partial charge in [0.15, 0.2) is 5.92 Å². The normalized spacial score (nSPS) is 30.2. The standard InChI is InChI=1S/C8H9NO5/c1-14-8(9(12)13)5-3-2-4-6(8)7(10)11/h2-6H,1H3,(H,10,11). The minimum atomic E-state index is -1.99. The van der Waals surface area contributed by atoms with Gasteiger partial charge >= 0.3 is 11.7 Å². The Balaban J connectivity index is 3.15. The fraction of sp³-hybridized carbons (Fsp3) is 0.375. The lowest BCUT2D eigenvalue weighted by Crippen LogP contribution is -2.49. The van der Waals surface area contributed by atoms with Gasteiger partial charge in [-0.1, -0.05) is 18.2 Å². The molecular weight excluding hydrogens is 190 g/mol. The summed E-state index contributed by atoms with van der Waals surface area (Å²) in [6, 6.07) is 0. The second kappa shape index (κ2) is 3.59. The molecule has 0 bridgehead atoms.